The van der Waals surface area contributed by atoms with Crippen LogP contribution in [0.4, 0.5) is 11.5 Å². The smallest absolute Gasteiger partial charge is 0.282 e. The highest BCUT2D eigenvalue weighted by Crippen LogP contribution is 2.27. The number of anilines is 2. The number of amides is 1. The van der Waals surface area contributed by atoms with E-state index in [2.05, 4.69) is 10.2 Å². The number of hydrazone groups is 1. The number of nitrogens with two attached hydrogens (primary N) is 2. The highest BCUT2D eigenvalue weighted by Gasteiger charge is 2.28. The largest absolute Gasteiger partial charge is 0.493 e. The number of nitrogens with zero attached hydrogens (tertiary/aromatic N) is 4. The van der Waals surface area contributed by atoms with Crippen LogP contribution in [-0.4, -0.2) is 26.6 Å². The number of para-hydroxylation sites is 2. The second-order valence-electron chi connectivity index (χ2n) is 6.63. The molecule has 1 aliphatic heterocycles. The molecule has 0 radical (unpaired) electrons. The second kappa shape index (κ2) is 8.42. The van der Waals surface area contributed by atoms with E-state index in [1.807, 2.05) is 48.5 Å². The first kappa shape index (κ1) is 19.7. The molecule has 3 aromatic rings. The molecule has 5 N–H and O–H groups in total. The zero-order valence-corrected chi connectivity index (χ0v) is 16.5. The molecule has 0 fully saturated rings. The lowest BCUT2D eigenvalue weighted by Crippen LogP contribution is -2.21. The van der Waals surface area contributed by atoms with Gasteiger partial charge in [-0.15, -0.1) is 10.2 Å². The van der Waals surface area contributed by atoms with Gasteiger partial charge in [0.15, 0.2) is 11.7 Å². The van der Waals surface area contributed by atoms with Crippen molar-refractivity contribution in [1.29, 1.82) is 0 Å². The van der Waals surface area contributed by atoms with E-state index in [1.54, 1.807) is 42.5 Å². The average Bonchev–Trinajstić information content (AvgIpc) is 3.24. The van der Waals surface area contributed by atoms with Crippen molar-refractivity contribution in [2.24, 2.45) is 10.8 Å². The van der Waals surface area contributed by atoms with Crippen molar-refractivity contribution in [3.63, 3.8) is 0 Å². The summed E-state index contributed by atoms with van der Waals surface area (Å²) in [6.07, 6.45) is 8.26. The summed E-state index contributed by atoms with van der Waals surface area (Å²) < 4.78 is 1.37. The molecule has 4 rings (SSSR count). The number of hydrogen-bond acceptors (Lipinski definition) is 6. The topological polar surface area (TPSA) is 123 Å². The van der Waals surface area contributed by atoms with Crippen LogP contribution in [0.5, 0.6) is 5.88 Å². The van der Waals surface area contributed by atoms with Crippen molar-refractivity contribution in [2.45, 2.75) is 0 Å². The Labute approximate surface area is 178 Å². The summed E-state index contributed by atoms with van der Waals surface area (Å²) in [6, 6.07) is 18.3. The third-order valence-electron chi connectivity index (χ3n) is 4.58. The highest BCUT2D eigenvalue weighted by atomic mass is 16.3. The van der Waals surface area contributed by atoms with Crippen LogP contribution in [0.15, 0.2) is 95.6 Å². The SMILES string of the molecule is NC1=NN(c2ccccc2)C(=O)\C1=C/C=C/C=C/c1c(N)nn(-c2ccccc2)c1O. The number of carbonyl (C=O) groups is 1. The monoisotopic (exact) mass is 412 g/mol. The van der Waals surface area contributed by atoms with Crippen LogP contribution in [0.3, 0.4) is 0 Å². The van der Waals surface area contributed by atoms with Crippen LogP contribution in [0.1, 0.15) is 5.56 Å². The van der Waals surface area contributed by atoms with Crippen molar-refractivity contribution < 1.29 is 9.90 Å². The predicted molar refractivity (Wildman–Crippen MR) is 121 cm³/mol. The van der Waals surface area contributed by atoms with E-state index >= 15 is 0 Å². The summed E-state index contributed by atoms with van der Waals surface area (Å²) in [4.78, 5) is 12.6. The molecule has 2 aromatic carbocycles. The number of amidine groups is 1. The molecular formula is C23H20N6O2. The van der Waals surface area contributed by atoms with Gasteiger partial charge in [0.05, 0.1) is 22.5 Å². The fraction of sp³-hybridized carbons (Fsp3) is 0. The number of aromatic hydroxyl groups is 1. The third-order valence-corrected chi connectivity index (χ3v) is 4.58. The predicted octanol–water partition coefficient (Wildman–Crippen LogP) is 2.97. The van der Waals surface area contributed by atoms with Gasteiger partial charge in [-0.1, -0.05) is 54.6 Å². The maximum atomic E-state index is 12.6. The van der Waals surface area contributed by atoms with Gasteiger partial charge in [0.1, 0.15) is 0 Å². The molecular weight excluding hydrogens is 392 g/mol. The molecule has 8 heteroatoms. The Hall–Kier alpha value is -4.59. The Morgan fingerprint density at radius 2 is 1.52 bits per heavy atom. The van der Waals surface area contributed by atoms with Gasteiger partial charge in [0.25, 0.3) is 5.91 Å². The van der Waals surface area contributed by atoms with Gasteiger partial charge in [-0.3, -0.25) is 4.79 Å². The van der Waals surface area contributed by atoms with E-state index in [4.69, 9.17) is 11.5 Å². The number of nitrogen functional groups attached to an aromatic ring is 1. The summed E-state index contributed by atoms with van der Waals surface area (Å²) in [5, 5.41) is 20.0. The molecule has 0 bridgehead atoms. The van der Waals surface area contributed by atoms with Crippen LogP contribution in [0.25, 0.3) is 11.8 Å². The van der Waals surface area contributed by atoms with Crippen molar-refractivity contribution in [3.8, 4) is 11.6 Å². The van der Waals surface area contributed by atoms with E-state index in [0.29, 0.717) is 22.5 Å². The van der Waals surface area contributed by atoms with E-state index in [0.717, 1.165) is 0 Å². The summed E-state index contributed by atoms with van der Waals surface area (Å²) in [7, 11) is 0. The first-order chi connectivity index (χ1) is 15.1. The molecule has 0 unspecified atom stereocenters. The number of benzene rings is 2. The van der Waals surface area contributed by atoms with Gasteiger partial charge in [0.2, 0.25) is 5.88 Å². The second-order valence-corrected chi connectivity index (χ2v) is 6.63. The molecule has 0 spiro atoms. The molecule has 0 aliphatic carbocycles. The van der Waals surface area contributed by atoms with Crippen molar-refractivity contribution in [3.05, 3.63) is 96.1 Å². The third kappa shape index (κ3) is 3.95. The lowest BCUT2D eigenvalue weighted by molar-refractivity contribution is -0.114. The molecule has 0 saturated carbocycles. The van der Waals surface area contributed by atoms with Crippen LogP contribution in [0, 0.1) is 0 Å². The number of aromatic nitrogens is 2. The molecule has 1 aliphatic rings. The van der Waals surface area contributed by atoms with Crippen molar-refractivity contribution in [1.82, 2.24) is 9.78 Å². The first-order valence-electron chi connectivity index (χ1n) is 9.48. The zero-order chi connectivity index (χ0) is 21.8. The van der Waals surface area contributed by atoms with Gasteiger partial charge in [0, 0.05) is 0 Å². The minimum Gasteiger partial charge on any atom is -0.493 e. The first-order valence-corrected chi connectivity index (χ1v) is 9.48. The van der Waals surface area contributed by atoms with Crippen molar-refractivity contribution >= 4 is 29.3 Å². The van der Waals surface area contributed by atoms with Gasteiger partial charge >= 0.3 is 0 Å². The number of rotatable bonds is 5. The molecule has 0 saturated heterocycles. The fourth-order valence-electron chi connectivity index (χ4n) is 3.05. The maximum Gasteiger partial charge on any atom is 0.282 e. The van der Waals surface area contributed by atoms with Crippen LogP contribution < -0.4 is 16.5 Å². The van der Waals surface area contributed by atoms with Crippen LogP contribution in [-0.2, 0) is 4.79 Å². The van der Waals surface area contributed by atoms with Gasteiger partial charge in [-0.25, -0.2) is 0 Å². The molecule has 2 heterocycles. The standard InChI is InChI=1S/C23H20N6O2/c24-20-18(22(30)28(26-20)16-10-4-1-5-11-16)14-8-3-9-15-19-21(25)27-29(23(19)31)17-12-6-2-7-13-17/h1-15,30H,(H2,24,26)(H2,25,27)/b9-3+,14-8+,19-15-. The molecule has 1 aromatic heterocycles. The van der Waals surface area contributed by atoms with Crippen LogP contribution >= 0.6 is 0 Å². The molecule has 0 atom stereocenters. The minimum atomic E-state index is -0.302. The Bertz CT molecular complexity index is 1220. The van der Waals surface area contributed by atoms with Crippen LogP contribution in [0.2, 0.25) is 0 Å². The summed E-state index contributed by atoms with van der Waals surface area (Å²) in [5.41, 5.74) is 13.9. The van der Waals surface area contributed by atoms with Gasteiger partial charge in [-0.2, -0.15) is 9.69 Å². The zero-order valence-electron chi connectivity index (χ0n) is 16.5. The van der Waals surface area contributed by atoms with Crippen molar-refractivity contribution in [2.75, 3.05) is 10.7 Å². The Morgan fingerprint density at radius 1 is 0.871 bits per heavy atom. The Morgan fingerprint density at radius 3 is 2.19 bits per heavy atom. The van der Waals surface area contributed by atoms with Gasteiger partial charge < -0.3 is 16.6 Å². The number of allylic oxidation sites excluding steroid dienone is 4. The molecule has 31 heavy (non-hydrogen) atoms. The van der Waals surface area contributed by atoms with E-state index in [1.165, 1.54) is 9.69 Å². The number of carbonyl (C=O) groups excluding carboxylic acids is 1. The fourth-order valence-corrected chi connectivity index (χ4v) is 3.05. The lowest BCUT2D eigenvalue weighted by atomic mass is 10.2. The highest BCUT2D eigenvalue weighted by molar-refractivity contribution is 6.29. The maximum absolute atomic E-state index is 12.6. The summed E-state index contributed by atoms with van der Waals surface area (Å²) in [5.74, 6) is -0.0189. The molecule has 1 amide bonds. The summed E-state index contributed by atoms with van der Waals surface area (Å²) >= 11 is 0. The van der Waals surface area contributed by atoms with Gasteiger partial charge in [-0.05, 0) is 36.4 Å². The number of hydrogen-bond donors (Lipinski definition) is 3. The average molecular weight is 412 g/mol. The van der Waals surface area contributed by atoms with E-state index in [9.17, 15) is 9.90 Å². The van der Waals surface area contributed by atoms with E-state index < -0.39 is 0 Å². The minimum absolute atomic E-state index is 0.0624. The van der Waals surface area contributed by atoms with E-state index in [-0.39, 0.29) is 23.4 Å². The molecule has 8 nitrogen and oxygen atoms in total. The summed E-state index contributed by atoms with van der Waals surface area (Å²) in [6.45, 7) is 0. The normalized spacial score (nSPS) is 15.5. The Kier molecular flexibility index (Phi) is 5.35. The Balaban J connectivity index is 1.48. The lowest BCUT2D eigenvalue weighted by Gasteiger charge is -2.10. The quantitative estimate of drug-likeness (QED) is 0.439. The molecule has 154 valence electrons.